The van der Waals surface area contributed by atoms with Crippen molar-refractivity contribution in [1.82, 2.24) is 20.0 Å². The molecule has 0 fully saturated rings. The van der Waals surface area contributed by atoms with E-state index in [9.17, 15) is 4.39 Å². The van der Waals surface area contributed by atoms with Crippen LogP contribution in [0.5, 0.6) is 5.75 Å². The minimum Gasteiger partial charge on any atom is -0.497 e. The second-order valence-electron chi connectivity index (χ2n) is 5.48. The van der Waals surface area contributed by atoms with Crippen LogP contribution in [-0.4, -0.2) is 27.1 Å². The van der Waals surface area contributed by atoms with Crippen LogP contribution >= 0.6 is 11.3 Å². The number of aromatic nitrogens is 4. The number of nitrogens with two attached hydrogens (primary N) is 1. The van der Waals surface area contributed by atoms with Crippen molar-refractivity contribution in [3.05, 3.63) is 59.7 Å². The second kappa shape index (κ2) is 6.57. The highest BCUT2D eigenvalue weighted by Crippen LogP contribution is 2.32. The number of hydrogen-bond donors (Lipinski definition) is 1. The SMILES string of the molecule is COc1ccc(-c2csc(-c3nnn(-c4cccc(F)c4)c3N)n2)cc1. The van der Waals surface area contributed by atoms with E-state index in [0.717, 1.165) is 17.0 Å². The lowest BCUT2D eigenvalue weighted by atomic mass is 10.2. The van der Waals surface area contributed by atoms with E-state index in [1.165, 1.54) is 28.2 Å². The maximum Gasteiger partial charge on any atom is 0.165 e. The first-order valence-electron chi connectivity index (χ1n) is 7.73. The molecule has 2 N–H and O–H groups in total. The zero-order valence-electron chi connectivity index (χ0n) is 13.8. The predicted octanol–water partition coefficient (Wildman–Crippen LogP) is 3.79. The van der Waals surface area contributed by atoms with Crippen molar-refractivity contribution >= 4 is 17.2 Å². The largest absolute Gasteiger partial charge is 0.497 e. The van der Waals surface area contributed by atoms with Crippen LogP contribution in [-0.2, 0) is 0 Å². The van der Waals surface area contributed by atoms with Crippen LogP contribution in [0.1, 0.15) is 0 Å². The first-order chi connectivity index (χ1) is 12.7. The smallest absolute Gasteiger partial charge is 0.165 e. The standard InChI is InChI=1S/C18H14FN5OS/c1-25-14-7-5-11(6-8-14)15-10-26-18(21-15)16-17(20)24(23-22-16)13-4-2-3-12(19)9-13/h2-10H,20H2,1H3. The van der Waals surface area contributed by atoms with Crippen LogP contribution in [0, 0.1) is 5.82 Å². The Labute approximate surface area is 152 Å². The highest BCUT2D eigenvalue weighted by atomic mass is 32.1. The Kier molecular flexibility index (Phi) is 4.10. The average Bonchev–Trinajstić information content (AvgIpc) is 3.28. The monoisotopic (exact) mass is 367 g/mol. The maximum atomic E-state index is 13.4. The van der Waals surface area contributed by atoms with Crippen LogP contribution in [0.15, 0.2) is 53.9 Å². The van der Waals surface area contributed by atoms with Crippen molar-refractivity contribution in [3.8, 4) is 33.4 Å². The summed E-state index contributed by atoms with van der Waals surface area (Å²) < 4.78 is 20.0. The molecule has 0 bridgehead atoms. The third-order valence-corrected chi connectivity index (χ3v) is 4.70. The van der Waals surface area contributed by atoms with E-state index < -0.39 is 0 Å². The van der Waals surface area contributed by atoms with Gasteiger partial charge in [0.25, 0.3) is 0 Å². The van der Waals surface area contributed by atoms with Gasteiger partial charge in [-0.3, -0.25) is 0 Å². The quantitative estimate of drug-likeness (QED) is 0.594. The lowest BCUT2D eigenvalue weighted by Crippen LogP contribution is -2.02. The van der Waals surface area contributed by atoms with Gasteiger partial charge in [0.1, 0.15) is 16.6 Å². The van der Waals surface area contributed by atoms with Gasteiger partial charge in [-0.25, -0.2) is 9.37 Å². The van der Waals surface area contributed by atoms with Crippen molar-refractivity contribution in [1.29, 1.82) is 0 Å². The van der Waals surface area contributed by atoms with Gasteiger partial charge in [-0.2, -0.15) is 4.68 Å². The minimum absolute atomic E-state index is 0.311. The van der Waals surface area contributed by atoms with Gasteiger partial charge >= 0.3 is 0 Å². The average molecular weight is 367 g/mol. The molecule has 0 unspecified atom stereocenters. The fourth-order valence-corrected chi connectivity index (χ4v) is 3.34. The molecule has 6 nitrogen and oxygen atoms in total. The summed E-state index contributed by atoms with van der Waals surface area (Å²) >= 11 is 1.42. The van der Waals surface area contributed by atoms with E-state index in [4.69, 9.17) is 10.5 Å². The Morgan fingerprint density at radius 1 is 1.15 bits per heavy atom. The van der Waals surface area contributed by atoms with Crippen molar-refractivity contribution in [2.24, 2.45) is 0 Å². The third kappa shape index (κ3) is 2.91. The van der Waals surface area contributed by atoms with Crippen LogP contribution in [0.25, 0.3) is 27.6 Å². The number of benzene rings is 2. The molecule has 4 rings (SSSR count). The summed E-state index contributed by atoms with van der Waals surface area (Å²) in [5.74, 6) is 0.729. The zero-order chi connectivity index (χ0) is 18.1. The van der Waals surface area contributed by atoms with Gasteiger partial charge in [0.05, 0.1) is 18.5 Å². The molecule has 130 valence electrons. The van der Waals surface area contributed by atoms with Crippen LogP contribution < -0.4 is 10.5 Å². The summed E-state index contributed by atoms with van der Waals surface area (Å²) in [6.45, 7) is 0. The second-order valence-corrected chi connectivity index (χ2v) is 6.34. The fourth-order valence-electron chi connectivity index (χ4n) is 2.52. The van der Waals surface area contributed by atoms with E-state index in [-0.39, 0.29) is 5.82 Å². The van der Waals surface area contributed by atoms with Crippen molar-refractivity contribution in [2.45, 2.75) is 0 Å². The van der Waals surface area contributed by atoms with Crippen molar-refractivity contribution < 1.29 is 9.13 Å². The van der Waals surface area contributed by atoms with Crippen LogP contribution in [0.3, 0.4) is 0 Å². The highest BCUT2D eigenvalue weighted by Gasteiger charge is 2.17. The Bertz CT molecular complexity index is 1060. The van der Waals surface area contributed by atoms with E-state index in [1.54, 1.807) is 19.2 Å². The van der Waals surface area contributed by atoms with Gasteiger partial charge in [-0.05, 0) is 42.5 Å². The molecule has 0 radical (unpaired) electrons. The number of methoxy groups -OCH3 is 1. The van der Waals surface area contributed by atoms with Gasteiger partial charge in [0, 0.05) is 10.9 Å². The molecule has 4 aromatic rings. The number of ether oxygens (including phenoxy) is 1. The van der Waals surface area contributed by atoms with E-state index in [1.807, 2.05) is 29.6 Å². The van der Waals surface area contributed by atoms with E-state index >= 15 is 0 Å². The number of thiazole rings is 1. The molecule has 2 aromatic carbocycles. The molecule has 0 saturated carbocycles. The van der Waals surface area contributed by atoms with Crippen LogP contribution in [0.2, 0.25) is 0 Å². The Morgan fingerprint density at radius 2 is 1.96 bits per heavy atom. The Hall–Kier alpha value is -3.26. The summed E-state index contributed by atoms with van der Waals surface area (Å²) in [6.07, 6.45) is 0. The number of halogens is 1. The van der Waals surface area contributed by atoms with Gasteiger partial charge in [-0.15, -0.1) is 16.4 Å². The Morgan fingerprint density at radius 3 is 2.69 bits per heavy atom. The molecular formula is C18H14FN5OS. The van der Waals surface area contributed by atoms with Gasteiger partial charge in [-0.1, -0.05) is 11.3 Å². The number of nitrogens with zero attached hydrogens (tertiary/aromatic N) is 4. The molecule has 2 aromatic heterocycles. The number of rotatable bonds is 4. The molecule has 0 atom stereocenters. The molecule has 0 spiro atoms. The summed E-state index contributed by atoms with van der Waals surface area (Å²) in [5, 5.41) is 10.7. The summed E-state index contributed by atoms with van der Waals surface area (Å²) in [5.41, 5.74) is 8.92. The van der Waals surface area contributed by atoms with E-state index in [0.29, 0.717) is 22.2 Å². The first-order valence-corrected chi connectivity index (χ1v) is 8.61. The fraction of sp³-hybridized carbons (Fsp3) is 0.0556. The van der Waals surface area contributed by atoms with Gasteiger partial charge < -0.3 is 10.5 Å². The Balaban J connectivity index is 1.68. The van der Waals surface area contributed by atoms with E-state index in [2.05, 4.69) is 15.3 Å². The molecule has 8 heteroatoms. The predicted molar refractivity (Wildman–Crippen MR) is 98.8 cm³/mol. The molecule has 0 aliphatic carbocycles. The number of hydrogen-bond acceptors (Lipinski definition) is 6. The molecule has 0 amide bonds. The topological polar surface area (TPSA) is 78.9 Å². The third-order valence-electron chi connectivity index (χ3n) is 3.85. The summed E-state index contributed by atoms with van der Waals surface area (Å²) in [7, 11) is 1.63. The molecule has 0 saturated heterocycles. The molecule has 0 aliphatic heterocycles. The maximum absolute atomic E-state index is 13.4. The lowest BCUT2D eigenvalue weighted by Gasteiger charge is -2.02. The van der Waals surface area contributed by atoms with Crippen LogP contribution in [0.4, 0.5) is 10.2 Å². The highest BCUT2D eigenvalue weighted by molar-refractivity contribution is 7.13. The van der Waals surface area contributed by atoms with Crippen molar-refractivity contribution in [3.63, 3.8) is 0 Å². The number of nitrogen functional groups attached to an aromatic ring is 1. The molecule has 0 aliphatic rings. The summed E-state index contributed by atoms with van der Waals surface area (Å²) in [4.78, 5) is 4.60. The van der Waals surface area contributed by atoms with Gasteiger partial charge in [0.2, 0.25) is 0 Å². The molecule has 26 heavy (non-hydrogen) atoms. The van der Waals surface area contributed by atoms with Crippen molar-refractivity contribution in [2.75, 3.05) is 12.8 Å². The minimum atomic E-state index is -0.366. The lowest BCUT2D eigenvalue weighted by molar-refractivity contribution is 0.415. The summed E-state index contributed by atoms with van der Waals surface area (Å²) in [6, 6.07) is 13.6. The molecular weight excluding hydrogens is 353 g/mol. The zero-order valence-corrected chi connectivity index (χ0v) is 14.6. The normalized spacial score (nSPS) is 10.8. The first kappa shape index (κ1) is 16.2. The number of anilines is 1. The van der Waals surface area contributed by atoms with Gasteiger partial charge in [0.15, 0.2) is 11.5 Å². The molecule has 2 heterocycles.